The van der Waals surface area contributed by atoms with Crippen LogP contribution in [0.15, 0.2) is 36.9 Å². The number of carbonyl (C=O) groups excluding carboxylic acids is 3. The van der Waals surface area contributed by atoms with Gasteiger partial charge >= 0.3 is 0 Å². The summed E-state index contributed by atoms with van der Waals surface area (Å²) in [5, 5.41) is 2.64. The molecular formula is C18H22N2O3S. The minimum absolute atomic E-state index is 0.000230. The average molecular weight is 346 g/mol. The molecule has 0 aliphatic carbocycles. The summed E-state index contributed by atoms with van der Waals surface area (Å²) >= 11 is 1.57. The molecular weight excluding hydrogens is 324 g/mol. The number of nitrogens with one attached hydrogen (secondary N) is 1. The van der Waals surface area contributed by atoms with E-state index in [4.69, 9.17) is 0 Å². The van der Waals surface area contributed by atoms with Crippen LogP contribution in [0.25, 0.3) is 0 Å². The summed E-state index contributed by atoms with van der Waals surface area (Å²) in [6, 6.07) is 6.91. The van der Waals surface area contributed by atoms with Gasteiger partial charge in [-0.1, -0.05) is 18.2 Å². The lowest BCUT2D eigenvalue weighted by Gasteiger charge is -2.14. The third kappa shape index (κ3) is 4.26. The molecule has 1 unspecified atom stereocenters. The number of rotatable bonds is 9. The lowest BCUT2D eigenvalue weighted by molar-refractivity contribution is -0.120. The number of imide groups is 1. The Labute approximate surface area is 146 Å². The zero-order valence-electron chi connectivity index (χ0n) is 13.8. The fourth-order valence-electron chi connectivity index (χ4n) is 2.47. The van der Waals surface area contributed by atoms with E-state index in [9.17, 15) is 14.4 Å². The van der Waals surface area contributed by atoms with Crippen LogP contribution in [0.3, 0.4) is 0 Å². The summed E-state index contributed by atoms with van der Waals surface area (Å²) in [5.41, 5.74) is 0.980. The van der Waals surface area contributed by atoms with Gasteiger partial charge in [-0.3, -0.25) is 19.3 Å². The predicted molar refractivity (Wildman–Crippen MR) is 96.2 cm³/mol. The van der Waals surface area contributed by atoms with Crippen molar-refractivity contribution in [2.75, 3.05) is 18.8 Å². The Morgan fingerprint density at radius 2 is 1.88 bits per heavy atom. The maximum Gasteiger partial charge on any atom is 0.261 e. The molecule has 0 saturated carbocycles. The van der Waals surface area contributed by atoms with E-state index in [0.717, 1.165) is 18.6 Å². The molecule has 0 aromatic heterocycles. The number of thioether (sulfide) groups is 1. The quantitative estimate of drug-likeness (QED) is 0.424. The van der Waals surface area contributed by atoms with Crippen molar-refractivity contribution in [3.8, 4) is 0 Å². The zero-order chi connectivity index (χ0) is 17.5. The van der Waals surface area contributed by atoms with E-state index in [2.05, 4.69) is 11.9 Å². The van der Waals surface area contributed by atoms with Crippen molar-refractivity contribution in [2.45, 2.75) is 25.0 Å². The summed E-state index contributed by atoms with van der Waals surface area (Å²) in [5.74, 6) is 0.396. The monoisotopic (exact) mass is 346 g/mol. The lowest BCUT2D eigenvalue weighted by atomic mass is 10.1. The van der Waals surface area contributed by atoms with Crippen LogP contribution in [0.5, 0.6) is 0 Å². The molecule has 1 aliphatic rings. The fourth-order valence-corrected chi connectivity index (χ4v) is 3.43. The van der Waals surface area contributed by atoms with Crippen LogP contribution in [-0.4, -0.2) is 46.7 Å². The van der Waals surface area contributed by atoms with Crippen LogP contribution in [0, 0.1) is 0 Å². The van der Waals surface area contributed by atoms with Crippen LogP contribution in [-0.2, 0) is 4.79 Å². The number of carbonyl (C=O) groups is 3. The predicted octanol–water partition coefficient (Wildman–Crippen LogP) is 2.49. The maximum absolute atomic E-state index is 12.2. The van der Waals surface area contributed by atoms with E-state index < -0.39 is 0 Å². The Bertz CT molecular complexity index is 610. The first kappa shape index (κ1) is 18.3. The van der Waals surface area contributed by atoms with Gasteiger partial charge in [0.1, 0.15) is 0 Å². The molecule has 0 radical (unpaired) electrons. The van der Waals surface area contributed by atoms with Gasteiger partial charge in [-0.15, -0.1) is 18.3 Å². The van der Waals surface area contributed by atoms with E-state index in [1.165, 1.54) is 4.90 Å². The summed E-state index contributed by atoms with van der Waals surface area (Å²) in [6.45, 7) is 6.33. The molecule has 0 saturated heterocycles. The molecule has 24 heavy (non-hydrogen) atoms. The summed E-state index contributed by atoms with van der Waals surface area (Å²) < 4.78 is 0. The third-order valence-corrected chi connectivity index (χ3v) is 5.05. The van der Waals surface area contributed by atoms with Crippen molar-refractivity contribution in [1.29, 1.82) is 0 Å². The Hall–Kier alpha value is -2.08. The number of hydrogen-bond acceptors (Lipinski definition) is 4. The Morgan fingerprint density at radius 3 is 2.46 bits per heavy atom. The van der Waals surface area contributed by atoms with Crippen LogP contribution >= 0.6 is 11.8 Å². The Kier molecular flexibility index (Phi) is 6.61. The normalized spacial score (nSPS) is 14.5. The summed E-state index contributed by atoms with van der Waals surface area (Å²) in [7, 11) is 0. The van der Waals surface area contributed by atoms with Gasteiger partial charge in [-0.25, -0.2) is 0 Å². The second kappa shape index (κ2) is 8.68. The van der Waals surface area contributed by atoms with Crippen molar-refractivity contribution in [1.82, 2.24) is 10.2 Å². The number of benzene rings is 1. The third-order valence-electron chi connectivity index (χ3n) is 3.81. The molecule has 1 heterocycles. The van der Waals surface area contributed by atoms with Crippen LogP contribution in [0.4, 0.5) is 0 Å². The smallest absolute Gasteiger partial charge is 0.261 e. The zero-order valence-corrected chi connectivity index (χ0v) is 14.6. The topological polar surface area (TPSA) is 66.5 Å². The van der Waals surface area contributed by atoms with Crippen molar-refractivity contribution >= 4 is 29.5 Å². The van der Waals surface area contributed by atoms with E-state index in [1.807, 2.05) is 6.92 Å². The number of fused-ring (bicyclic) bond motifs is 1. The van der Waals surface area contributed by atoms with Gasteiger partial charge in [0.25, 0.3) is 11.8 Å². The summed E-state index contributed by atoms with van der Waals surface area (Å²) in [4.78, 5) is 37.4. The highest BCUT2D eigenvalue weighted by molar-refractivity contribution is 8.00. The molecule has 0 fully saturated rings. The molecule has 5 nitrogen and oxygen atoms in total. The number of nitrogens with zero attached hydrogens (tertiary/aromatic N) is 1. The second-order valence-corrected chi connectivity index (χ2v) is 7.01. The molecule has 1 N–H and O–H groups in total. The van der Waals surface area contributed by atoms with E-state index in [1.54, 1.807) is 42.1 Å². The SMILES string of the molecule is C=CCNC(=O)C(C)SCCCCN1C(=O)c2ccccc2C1=O. The van der Waals surface area contributed by atoms with E-state index in [0.29, 0.717) is 24.2 Å². The highest BCUT2D eigenvalue weighted by Crippen LogP contribution is 2.23. The maximum atomic E-state index is 12.2. The molecule has 3 amide bonds. The molecule has 6 heteroatoms. The highest BCUT2D eigenvalue weighted by Gasteiger charge is 2.34. The number of unbranched alkanes of at least 4 members (excludes halogenated alkanes) is 1. The van der Waals surface area contributed by atoms with Crippen LogP contribution < -0.4 is 5.32 Å². The molecule has 0 spiro atoms. The van der Waals surface area contributed by atoms with E-state index >= 15 is 0 Å². The van der Waals surface area contributed by atoms with Crippen LogP contribution in [0.2, 0.25) is 0 Å². The summed E-state index contributed by atoms with van der Waals surface area (Å²) in [6.07, 6.45) is 3.23. The first-order valence-corrected chi connectivity index (χ1v) is 9.06. The minimum Gasteiger partial charge on any atom is -0.352 e. The van der Waals surface area contributed by atoms with Gasteiger partial charge < -0.3 is 5.32 Å². The first-order chi connectivity index (χ1) is 11.6. The largest absolute Gasteiger partial charge is 0.352 e. The van der Waals surface area contributed by atoms with Gasteiger partial charge in [0.15, 0.2) is 0 Å². The molecule has 1 atom stereocenters. The van der Waals surface area contributed by atoms with Gasteiger partial charge in [-0.05, 0) is 37.7 Å². The van der Waals surface area contributed by atoms with Crippen molar-refractivity contribution in [3.63, 3.8) is 0 Å². The van der Waals surface area contributed by atoms with Gasteiger partial charge in [-0.2, -0.15) is 0 Å². The van der Waals surface area contributed by atoms with Crippen molar-refractivity contribution in [2.24, 2.45) is 0 Å². The van der Waals surface area contributed by atoms with Gasteiger partial charge in [0.2, 0.25) is 5.91 Å². The standard InChI is InChI=1S/C18H22N2O3S/c1-3-10-19-16(21)13(2)24-12-7-6-11-20-17(22)14-8-4-5-9-15(14)18(20)23/h3-5,8-9,13H,1,6-7,10-12H2,2H3,(H,19,21). The molecule has 1 aliphatic heterocycles. The van der Waals surface area contributed by atoms with E-state index in [-0.39, 0.29) is 23.0 Å². The van der Waals surface area contributed by atoms with Gasteiger partial charge in [0.05, 0.1) is 16.4 Å². The molecule has 1 aromatic carbocycles. The second-order valence-electron chi connectivity index (χ2n) is 5.56. The lowest BCUT2D eigenvalue weighted by Crippen LogP contribution is -2.31. The Morgan fingerprint density at radius 1 is 1.25 bits per heavy atom. The minimum atomic E-state index is -0.208. The number of hydrogen-bond donors (Lipinski definition) is 1. The van der Waals surface area contributed by atoms with Gasteiger partial charge in [0, 0.05) is 13.1 Å². The highest BCUT2D eigenvalue weighted by atomic mass is 32.2. The van der Waals surface area contributed by atoms with Crippen molar-refractivity contribution in [3.05, 3.63) is 48.0 Å². The van der Waals surface area contributed by atoms with Crippen LogP contribution in [0.1, 0.15) is 40.5 Å². The Balaban J connectivity index is 1.70. The molecule has 2 rings (SSSR count). The fraction of sp³-hybridized carbons (Fsp3) is 0.389. The average Bonchev–Trinajstić information content (AvgIpc) is 2.84. The van der Waals surface area contributed by atoms with Crippen molar-refractivity contribution < 1.29 is 14.4 Å². The molecule has 128 valence electrons. The molecule has 1 aromatic rings. The molecule has 0 bridgehead atoms. The number of amides is 3. The first-order valence-electron chi connectivity index (χ1n) is 8.01.